The summed E-state index contributed by atoms with van der Waals surface area (Å²) in [5.41, 5.74) is 1.40. The van der Waals surface area contributed by atoms with Gasteiger partial charge in [-0.3, -0.25) is 24.1 Å². The predicted molar refractivity (Wildman–Crippen MR) is 99.5 cm³/mol. The van der Waals surface area contributed by atoms with Crippen LogP contribution in [-0.2, 0) is 23.9 Å². The average molecular weight is 388 g/mol. The van der Waals surface area contributed by atoms with Crippen LogP contribution in [0.2, 0.25) is 0 Å². The lowest BCUT2D eigenvalue weighted by Gasteiger charge is -2.19. The van der Waals surface area contributed by atoms with Crippen molar-refractivity contribution in [2.75, 3.05) is 25.6 Å². The molecule has 3 rings (SSSR count). The van der Waals surface area contributed by atoms with E-state index in [1.165, 1.54) is 7.11 Å². The number of benzene rings is 1. The van der Waals surface area contributed by atoms with Crippen LogP contribution < -0.4 is 10.1 Å². The number of rotatable bonds is 6. The van der Waals surface area contributed by atoms with Crippen LogP contribution in [0.15, 0.2) is 18.2 Å². The molecular weight excluding hydrogens is 364 g/mol. The number of anilines is 1. The lowest BCUT2D eigenvalue weighted by atomic mass is 9.81. The fourth-order valence-electron chi connectivity index (χ4n) is 3.81. The van der Waals surface area contributed by atoms with Crippen molar-refractivity contribution in [2.45, 2.75) is 32.6 Å². The summed E-state index contributed by atoms with van der Waals surface area (Å²) in [6.45, 7) is 0.904. The van der Waals surface area contributed by atoms with Crippen LogP contribution in [0.4, 0.5) is 5.69 Å². The molecule has 1 aliphatic heterocycles. The number of hydrogen-bond acceptors (Lipinski definition) is 6. The first-order chi connectivity index (χ1) is 13.4. The fraction of sp³-hybridized carbons (Fsp3) is 0.500. The minimum atomic E-state index is -0.785. The molecule has 0 bridgehead atoms. The highest BCUT2D eigenvalue weighted by molar-refractivity contribution is 6.07. The minimum absolute atomic E-state index is 0.305. The number of carbonyl (C=O) groups is 4. The van der Waals surface area contributed by atoms with Crippen LogP contribution in [0, 0.1) is 18.8 Å². The molecule has 2 aliphatic rings. The Morgan fingerprint density at radius 2 is 1.79 bits per heavy atom. The molecule has 2 atom stereocenters. The molecular formula is C20H24N2O6. The van der Waals surface area contributed by atoms with E-state index in [0.29, 0.717) is 24.3 Å². The smallest absolute Gasteiger partial charge is 0.326 e. The molecule has 1 aliphatic carbocycles. The lowest BCUT2D eigenvalue weighted by molar-refractivity contribution is -0.154. The number of carbonyl (C=O) groups excluding carboxylic acids is 4. The van der Waals surface area contributed by atoms with Gasteiger partial charge in [-0.15, -0.1) is 0 Å². The Labute approximate surface area is 163 Å². The molecule has 8 nitrogen and oxygen atoms in total. The predicted octanol–water partition coefficient (Wildman–Crippen LogP) is 1.66. The first-order valence-electron chi connectivity index (χ1n) is 9.36. The fourth-order valence-corrected chi connectivity index (χ4v) is 3.81. The molecule has 1 aromatic rings. The summed E-state index contributed by atoms with van der Waals surface area (Å²) in [5, 5.41) is 2.62. The van der Waals surface area contributed by atoms with Gasteiger partial charge in [-0.25, -0.2) is 0 Å². The van der Waals surface area contributed by atoms with E-state index in [2.05, 4.69) is 5.32 Å². The normalized spacial score (nSPS) is 21.3. The van der Waals surface area contributed by atoms with Crippen molar-refractivity contribution in [1.82, 2.24) is 4.90 Å². The Hall–Kier alpha value is -2.90. The number of hydrogen-bond donors (Lipinski definition) is 1. The van der Waals surface area contributed by atoms with Crippen molar-refractivity contribution in [2.24, 2.45) is 11.8 Å². The third-order valence-corrected chi connectivity index (χ3v) is 5.21. The quantitative estimate of drug-likeness (QED) is 0.587. The van der Waals surface area contributed by atoms with Gasteiger partial charge in [0.15, 0.2) is 6.61 Å². The summed E-state index contributed by atoms with van der Waals surface area (Å²) in [6.07, 6.45) is 3.20. The largest absolute Gasteiger partial charge is 0.495 e. The zero-order valence-corrected chi connectivity index (χ0v) is 16.0. The maximum atomic E-state index is 12.4. The molecule has 0 radical (unpaired) electrons. The van der Waals surface area contributed by atoms with E-state index in [1.807, 2.05) is 13.0 Å². The van der Waals surface area contributed by atoms with Crippen molar-refractivity contribution >= 4 is 29.4 Å². The van der Waals surface area contributed by atoms with Crippen molar-refractivity contribution in [3.8, 4) is 5.75 Å². The molecule has 3 amide bonds. The molecule has 1 heterocycles. The highest BCUT2D eigenvalue weighted by Gasteiger charge is 2.48. The third-order valence-electron chi connectivity index (χ3n) is 5.21. The van der Waals surface area contributed by atoms with E-state index >= 15 is 0 Å². The van der Waals surface area contributed by atoms with Gasteiger partial charge >= 0.3 is 5.97 Å². The second-order valence-electron chi connectivity index (χ2n) is 7.17. The Morgan fingerprint density at radius 3 is 2.39 bits per heavy atom. The number of methoxy groups -OCH3 is 1. The summed E-state index contributed by atoms with van der Waals surface area (Å²) in [7, 11) is 1.49. The number of fused-ring (bicyclic) bond motifs is 1. The molecule has 28 heavy (non-hydrogen) atoms. The Morgan fingerprint density at radius 1 is 1.14 bits per heavy atom. The molecule has 2 fully saturated rings. The van der Waals surface area contributed by atoms with Gasteiger partial charge in [0.1, 0.15) is 12.3 Å². The number of ether oxygens (including phenoxy) is 2. The maximum absolute atomic E-state index is 12.4. The third kappa shape index (κ3) is 4.16. The van der Waals surface area contributed by atoms with Crippen LogP contribution in [0.5, 0.6) is 5.75 Å². The zero-order valence-electron chi connectivity index (χ0n) is 16.0. The SMILES string of the molecule is COc1ccc(C)cc1NC(=O)COC(=O)CN1C(=O)[C@H]2CCCC[C@H]2C1=O. The Balaban J connectivity index is 1.52. The van der Waals surface area contributed by atoms with Gasteiger partial charge < -0.3 is 14.8 Å². The number of amides is 3. The van der Waals surface area contributed by atoms with E-state index in [9.17, 15) is 19.2 Å². The van der Waals surface area contributed by atoms with Crippen molar-refractivity contribution in [3.63, 3.8) is 0 Å². The lowest BCUT2D eigenvalue weighted by Crippen LogP contribution is -2.37. The van der Waals surface area contributed by atoms with Gasteiger partial charge in [-0.1, -0.05) is 18.9 Å². The van der Waals surface area contributed by atoms with Gasteiger partial charge in [0.2, 0.25) is 11.8 Å². The molecule has 1 N–H and O–H groups in total. The Bertz CT molecular complexity index is 782. The maximum Gasteiger partial charge on any atom is 0.326 e. The average Bonchev–Trinajstić information content (AvgIpc) is 2.92. The Kier molecular flexibility index (Phi) is 5.96. The number of nitrogens with zero attached hydrogens (tertiary/aromatic N) is 1. The van der Waals surface area contributed by atoms with Gasteiger partial charge in [0.25, 0.3) is 5.91 Å². The molecule has 1 saturated heterocycles. The minimum Gasteiger partial charge on any atom is -0.495 e. The first kappa shape index (κ1) is 19.9. The monoisotopic (exact) mass is 388 g/mol. The second kappa shape index (κ2) is 8.41. The van der Waals surface area contributed by atoms with Crippen LogP contribution in [0.1, 0.15) is 31.2 Å². The molecule has 0 unspecified atom stereocenters. The number of likely N-dealkylation sites (tertiary alicyclic amines) is 1. The van der Waals surface area contributed by atoms with Gasteiger partial charge in [-0.2, -0.15) is 0 Å². The van der Waals surface area contributed by atoms with E-state index < -0.39 is 25.0 Å². The first-order valence-corrected chi connectivity index (χ1v) is 9.36. The number of aryl methyl sites for hydroxylation is 1. The van der Waals surface area contributed by atoms with E-state index in [1.54, 1.807) is 12.1 Å². The molecule has 1 saturated carbocycles. The van der Waals surface area contributed by atoms with Crippen molar-refractivity contribution in [1.29, 1.82) is 0 Å². The van der Waals surface area contributed by atoms with Crippen LogP contribution in [0.3, 0.4) is 0 Å². The molecule has 0 spiro atoms. The summed E-state index contributed by atoms with van der Waals surface area (Å²) in [6, 6.07) is 5.30. The zero-order chi connectivity index (χ0) is 20.3. The summed E-state index contributed by atoms with van der Waals surface area (Å²) in [4.78, 5) is 49.9. The van der Waals surface area contributed by atoms with E-state index in [4.69, 9.17) is 9.47 Å². The molecule has 150 valence electrons. The van der Waals surface area contributed by atoms with Crippen LogP contribution in [-0.4, -0.2) is 48.9 Å². The molecule has 0 aromatic heterocycles. The van der Waals surface area contributed by atoms with Crippen molar-refractivity contribution < 1.29 is 28.7 Å². The van der Waals surface area contributed by atoms with Crippen LogP contribution in [0.25, 0.3) is 0 Å². The highest BCUT2D eigenvalue weighted by Crippen LogP contribution is 2.37. The second-order valence-corrected chi connectivity index (χ2v) is 7.17. The number of nitrogens with one attached hydrogen (secondary N) is 1. The van der Waals surface area contributed by atoms with E-state index in [-0.39, 0.29) is 23.7 Å². The summed E-state index contributed by atoms with van der Waals surface area (Å²) in [5.74, 6) is -2.07. The van der Waals surface area contributed by atoms with Crippen molar-refractivity contribution in [3.05, 3.63) is 23.8 Å². The van der Waals surface area contributed by atoms with E-state index in [0.717, 1.165) is 23.3 Å². The number of esters is 1. The van der Waals surface area contributed by atoms with Gasteiger partial charge in [-0.05, 0) is 37.5 Å². The van der Waals surface area contributed by atoms with Gasteiger partial charge in [0.05, 0.1) is 24.6 Å². The highest BCUT2D eigenvalue weighted by atomic mass is 16.5. The number of imide groups is 1. The summed E-state index contributed by atoms with van der Waals surface area (Å²) < 4.78 is 10.1. The standard InChI is InChI=1S/C20H24N2O6/c1-12-7-8-16(27-2)15(9-12)21-17(23)11-28-18(24)10-22-19(25)13-5-3-4-6-14(13)20(22)26/h7-9,13-14H,3-6,10-11H2,1-2H3,(H,21,23)/t13-,14+. The molecule has 1 aromatic carbocycles. The molecule has 8 heteroatoms. The van der Waals surface area contributed by atoms with Crippen LogP contribution >= 0.6 is 0 Å². The summed E-state index contributed by atoms with van der Waals surface area (Å²) >= 11 is 0. The topological polar surface area (TPSA) is 102 Å². The van der Waals surface area contributed by atoms with Gasteiger partial charge in [0, 0.05) is 0 Å².